The van der Waals surface area contributed by atoms with Crippen molar-refractivity contribution < 1.29 is 13.5 Å². The third-order valence-corrected chi connectivity index (χ3v) is 5.45. The van der Waals surface area contributed by atoms with Crippen LogP contribution in [-0.2, 0) is 15.8 Å². The Morgan fingerprint density at radius 1 is 1.40 bits per heavy atom. The number of rotatable bonds is 5. The quantitative estimate of drug-likeness (QED) is 0.881. The van der Waals surface area contributed by atoms with Gasteiger partial charge in [0.25, 0.3) is 0 Å². The highest BCUT2D eigenvalue weighted by Crippen LogP contribution is 2.28. The second-order valence-corrected chi connectivity index (χ2v) is 7.37. The summed E-state index contributed by atoms with van der Waals surface area (Å²) in [5.41, 5.74) is 0.916. The zero-order valence-corrected chi connectivity index (χ0v) is 12.2. The Morgan fingerprint density at radius 2 is 2.05 bits per heavy atom. The Kier molecular flexibility index (Phi) is 4.43. The summed E-state index contributed by atoms with van der Waals surface area (Å²) in [5, 5.41) is 18.2. The highest BCUT2D eigenvalue weighted by Gasteiger charge is 2.31. The average Bonchev–Trinajstić information content (AvgIpc) is 2.37. The summed E-state index contributed by atoms with van der Waals surface area (Å²) in [6, 6.07) is 8.74. The van der Waals surface area contributed by atoms with Gasteiger partial charge in [0.1, 0.15) is 0 Å². The van der Waals surface area contributed by atoms with Gasteiger partial charge in [0.2, 0.25) is 10.0 Å². The summed E-state index contributed by atoms with van der Waals surface area (Å²) < 4.78 is 25.9. The maximum Gasteiger partial charge on any atom is 0.218 e. The zero-order chi connectivity index (χ0) is 14.8. The third kappa shape index (κ3) is 3.37. The number of hydrogen-bond donors (Lipinski definition) is 1. The molecule has 0 bridgehead atoms. The van der Waals surface area contributed by atoms with Crippen molar-refractivity contribution in [2.24, 2.45) is 5.92 Å². The van der Waals surface area contributed by atoms with Crippen molar-refractivity contribution in [1.82, 2.24) is 4.31 Å². The number of hydrogen-bond acceptors (Lipinski definition) is 4. The Hall–Kier alpha value is -1.42. The fourth-order valence-corrected chi connectivity index (χ4v) is 3.69. The molecule has 1 aliphatic rings. The number of benzene rings is 1. The normalized spacial score (nSPS) is 22.3. The van der Waals surface area contributed by atoms with Gasteiger partial charge in [-0.2, -0.15) is 5.26 Å². The van der Waals surface area contributed by atoms with Crippen LogP contribution in [0.15, 0.2) is 24.3 Å². The number of aliphatic hydroxyl groups excluding tert-OH is 1. The highest BCUT2D eigenvalue weighted by molar-refractivity contribution is 7.88. The van der Waals surface area contributed by atoms with Gasteiger partial charge in [0.05, 0.1) is 23.5 Å². The summed E-state index contributed by atoms with van der Waals surface area (Å²) in [4.78, 5) is 0. The lowest BCUT2D eigenvalue weighted by Crippen LogP contribution is -2.40. The fraction of sp³-hybridized carbons (Fsp3) is 0.500. The van der Waals surface area contributed by atoms with Crippen molar-refractivity contribution >= 4 is 10.0 Å². The van der Waals surface area contributed by atoms with Crippen molar-refractivity contribution in [3.63, 3.8) is 0 Å². The van der Waals surface area contributed by atoms with Gasteiger partial charge in [0.15, 0.2) is 0 Å². The molecule has 0 amide bonds. The summed E-state index contributed by atoms with van der Waals surface area (Å²) in [6.45, 7) is 0.425. The maximum atomic E-state index is 12.3. The van der Waals surface area contributed by atoms with Crippen LogP contribution in [0, 0.1) is 17.2 Å². The van der Waals surface area contributed by atoms with Crippen molar-refractivity contribution in [3.05, 3.63) is 35.4 Å². The van der Waals surface area contributed by atoms with Crippen LogP contribution >= 0.6 is 0 Å². The summed E-state index contributed by atoms with van der Waals surface area (Å²) in [7, 11) is -1.88. The van der Waals surface area contributed by atoms with Crippen LogP contribution in [0.4, 0.5) is 0 Å². The van der Waals surface area contributed by atoms with E-state index in [2.05, 4.69) is 0 Å². The molecular formula is C14H18N2O3S. The van der Waals surface area contributed by atoms with Crippen LogP contribution in [0.5, 0.6) is 0 Å². The van der Waals surface area contributed by atoms with Crippen molar-refractivity contribution in [2.45, 2.75) is 24.7 Å². The molecule has 5 nitrogen and oxygen atoms in total. The molecule has 0 heterocycles. The minimum absolute atomic E-state index is 0.164. The molecule has 1 aromatic rings. The molecule has 1 N–H and O–H groups in total. The first kappa shape index (κ1) is 15.0. The molecule has 0 aliphatic heterocycles. The first-order chi connectivity index (χ1) is 9.42. The summed E-state index contributed by atoms with van der Waals surface area (Å²) >= 11 is 0. The molecule has 1 saturated carbocycles. The molecule has 0 unspecified atom stereocenters. The second kappa shape index (κ2) is 5.92. The maximum absolute atomic E-state index is 12.3. The van der Waals surface area contributed by atoms with E-state index in [4.69, 9.17) is 5.26 Å². The lowest BCUT2D eigenvalue weighted by Gasteiger charge is -2.34. The molecule has 0 spiro atoms. The smallest absolute Gasteiger partial charge is 0.218 e. The fourth-order valence-electron chi connectivity index (χ4n) is 2.39. The van der Waals surface area contributed by atoms with Crippen LogP contribution in [0.1, 0.15) is 24.0 Å². The predicted molar refractivity (Wildman–Crippen MR) is 75.1 cm³/mol. The van der Waals surface area contributed by atoms with Crippen LogP contribution in [-0.4, -0.2) is 37.5 Å². The van der Waals surface area contributed by atoms with E-state index in [1.807, 2.05) is 6.07 Å². The summed E-state index contributed by atoms with van der Waals surface area (Å²) in [6.07, 6.45) is 1.04. The molecule has 1 aliphatic carbocycles. The molecule has 0 radical (unpaired) electrons. The Morgan fingerprint density at radius 3 is 2.65 bits per heavy atom. The van der Waals surface area contributed by atoms with Gasteiger partial charge in [-0.3, -0.25) is 0 Å². The molecule has 0 saturated heterocycles. The molecule has 6 heteroatoms. The third-order valence-electron chi connectivity index (χ3n) is 3.68. The van der Waals surface area contributed by atoms with E-state index in [1.54, 1.807) is 31.3 Å². The van der Waals surface area contributed by atoms with Crippen molar-refractivity contribution in [1.29, 1.82) is 5.26 Å². The Bertz CT molecular complexity index is 616. The monoisotopic (exact) mass is 294 g/mol. The number of nitriles is 1. The van der Waals surface area contributed by atoms with Gasteiger partial charge < -0.3 is 5.11 Å². The minimum Gasteiger partial charge on any atom is -0.393 e. The molecule has 0 atom stereocenters. The van der Waals surface area contributed by atoms with Gasteiger partial charge in [-0.1, -0.05) is 18.2 Å². The highest BCUT2D eigenvalue weighted by atomic mass is 32.2. The van der Waals surface area contributed by atoms with Crippen molar-refractivity contribution in [2.75, 3.05) is 13.6 Å². The van der Waals surface area contributed by atoms with Gasteiger partial charge in [-0.05, 0) is 30.4 Å². The van der Waals surface area contributed by atoms with E-state index in [9.17, 15) is 13.5 Å². The molecule has 108 valence electrons. The molecule has 1 aromatic carbocycles. The lowest BCUT2D eigenvalue weighted by atomic mass is 9.82. The largest absolute Gasteiger partial charge is 0.393 e. The molecule has 1 fully saturated rings. The van der Waals surface area contributed by atoms with E-state index in [-0.39, 0.29) is 17.8 Å². The molecular weight excluding hydrogens is 276 g/mol. The van der Waals surface area contributed by atoms with Crippen molar-refractivity contribution in [3.8, 4) is 6.07 Å². The van der Waals surface area contributed by atoms with Crippen LogP contribution in [0.25, 0.3) is 0 Å². The van der Waals surface area contributed by atoms with E-state index in [0.717, 1.165) is 0 Å². The average molecular weight is 294 g/mol. The number of nitrogens with zero attached hydrogens (tertiary/aromatic N) is 2. The van der Waals surface area contributed by atoms with Gasteiger partial charge in [0, 0.05) is 13.6 Å². The van der Waals surface area contributed by atoms with E-state index >= 15 is 0 Å². The molecule has 2 rings (SSSR count). The van der Waals surface area contributed by atoms with E-state index < -0.39 is 10.0 Å². The SMILES string of the molecule is CN(CC1CC(O)C1)S(=O)(=O)Cc1ccccc1C#N. The molecule has 0 aromatic heterocycles. The zero-order valence-electron chi connectivity index (χ0n) is 11.4. The van der Waals surface area contributed by atoms with E-state index in [0.29, 0.717) is 30.5 Å². The van der Waals surface area contributed by atoms with Crippen LogP contribution in [0.3, 0.4) is 0 Å². The van der Waals surface area contributed by atoms with Crippen LogP contribution < -0.4 is 0 Å². The minimum atomic E-state index is -3.43. The van der Waals surface area contributed by atoms with E-state index in [1.165, 1.54) is 4.31 Å². The number of sulfonamides is 1. The molecule has 20 heavy (non-hydrogen) atoms. The van der Waals surface area contributed by atoms with Gasteiger partial charge in [-0.25, -0.2) is 12.7 Å². The lowest BCUT2D eigenvalue weighted by molar-refractivity contribution is 0.0367. The van der Waals surface area contributed by atoms with Gasteiger partial charge >= 0.3 is 0 Å². The first-order valence-electron chi connectivity index (χ1n) is 6.52. The topological polar surface area (TPSA) is 81.4 Å². The standard InChI is InChI=1S/C14H18N2O3S/c1-16(9-11-6-14(17)7-11)20(18,19)10-13-5-3-2-4-12(13)8-15/h2-5,11,14,17H,6-7,9-10H2,1H3. The predicted octanol–water partition coefficient (Wildman–Crippen LogP) is 1.09. The summed E-state index contributed by atoms with van der Waals surface area (Å²) in [5.74, 6) is 0.0682. The van der Waals surface area contributed by atoms with Crippen LogP contribution in [0.2, 0.25) is 0 Å². The Balaban J connectivity index is 2.05. The van der Waals surface area contributed by atoms with Gasteiger partial charge in [-0.15, -0.1) is 0 Å². The second-order valence-electron chi connectivity index (χ2n) is 5.30. The Labute approximate surface area is 119 Å². The first-order valence-corrected chi connectivity index (χ1v) is 8.13. The number of aliphatic hydroxyl groups is 1.